The van der Waals surface area contributed by atoms with Crippen LogP contribution in [0.3, 0.4) is 0 Å². The van der Waals surface area contributed by atoms with E-state index in [1.807, 2.05) is 0 Å². The first-order valence-corrected chi connectivity index (χ1v) is 5.92. The van der Waals surface area contributed by atoms with E-state index < -0.39 is 5.97 Å². The van der Waals surface area contributed by atoms with Crippen molar-refractivity contribution >= 4 is 40.8 Å². The van der Waals surface area contributed by atoms with Crippen molar-refractivity contribution in [3.63, 3.8) is 0 Å². The molecule has 1 aromatic rings. The molecule has 0 radical (unpaired) electrons. The van der Waals surface area contributed by atoms with Crippen molar-refractivity contribution in [1.82, 2.24) is 5.32 Å². The second-order valence-corrected chi connectivity index (χ2v) is 4.26. The number of carboxylic acids is 1. The smallest absolute Gasteiger partial charge is 0.304 e. The average Bonchev–Trinajstić information content (AvgIpc) is 2.30. The van der Waals surface area contributed by atoms with E-state index in [-0.39, 0.29) is 30.4 Å². The highest BCUT2D eigenvalue weighted by Gasteiger charge is 2.07. The fourth-order valence-corrected chi connectivity index (χ4v) is 1.54. The third kappa shape index (κ3) is 4.91. The molecular formula is C11H12Cl2N2O3. The predicted molar refractivity (Wildman–Crippen MR) is 70.2 cm³/mol. The molecule has 0 aromatic heterocycles. The molecule has 1 amide bonds. The number of carbonyl (C=O) groups is 2. The van der Waals surface area contributed by atoms with Gasteiger partial charge in [-0.25, -0.2) is 0 Å². The fourth-order valence-electron chi connectivity index (χ4n) is 1.19. The maximum atomic E-state index is 11.5. The van der Waals surface area contributed by atoms with Crippen LogP contribution in [0.5, 0.6) is 0 Å². The Balaban J connectivity index is 2.40. The van der Waals surface area contributed by atoms with Crippen molar-refractivity contribution in [3.8, 4) is 0 Å². The fraction of sp³-hybridized carbons (Fsp3) is 0.273. The minimum absolute atomic E-state index is 0.0100. The summed E-state index contributed by atoms with van der Waals surface area (Å²) in [6.07, 6.45) is -0.0365. The van der Waals surface area contributed by atoms with E-state index in [1.54, 1.807) is 18.2 Å². The van der Waals surface area contributed by atoms with Crippen LogP contribution in [0.4, 0.5) is 5.69 Å². The zero-order valence-corrected chi connectivity index (χ0v) is 10.9. The molecule has 0 saturated heterocycles. The van der Waals surface area contributed by atoms with E-state index in [1.165, 1.54) is 0 Å². The van der Waals surface area contributed by atoms with Gasteiger partial charge in [0.25, 0.3) is 0 Å². The molecule has 0 spiro atoms. The quantitative estimate of drug-likeness (QED) is 0.700. The predicted octanol–water partition coefficient (Wildman–Crippen LogP) is 2.00. The van der Waals surface area contributed by atoms with Crippen molar-refractivity contribution < 1.29 is 14.7 Å². The number of nitrogens with one attached hydrogen (secondary N) is 2. The first-order chi connectivity index (χ1) is 8.50. The second kappa shape index (κ2) is 7.20. The summed E-state index contributed by atoms with van der Waals surface area (Å²) in [6.45, 7) is 0.238. The first-order valence-electron chi connectivity index (χ1n) is 5.17. The maximum absolute atomic E-state index is 11.5. The van der Waals surface area contributed by atoms with E-state index in [2.05, 4.69) is 10.6 Å². The van der Waals surface area contributed by atoms with Crippen molar-refractivity contribution in [1.29, 1.82) is 0 Å². The number of aliphatic carboxylic acids is 1. The lowest BCUT2D eigenvalue weighted by molar-refractivity contribution is -0.137. The molecule has 0 fully saturated rings. The second-order valence-electron chi connectivity index (χ2n) is 3.47. The molecule has 0 aliphatic carbocycles. The molecule has 0 aliphatic heterocycles. The van der Waals surface area contributed by atoms with Crippen LogP contribution < -0.4 is 10.6 Å². The van der Waals surface area contributed by atoms with Crippen LogP contribution in [-0.4, -0.2) is 30.1 Å². The van der Waals surface area contributed by atoms with E-state index in [0.717, 1.165) is 0 Å². The summed E-state index contributed by atoms with van der Waals surface area (Å²) in [5.41, 5.74) is 0.425. The molecule has 0 aliphatic rings. The lowest BCUT2D eigenvalue weighted by Crippen LogP contribution is -2.29. The van der Waals surface area contributed by atoms with Crippen LogP contribution in [0.15, 0.2) is 18.2 Å². The standard InChI is InChI=1S/C11H12Cl2N2O3/c12-7-2-1-3-8(11(7)13)15-9(16)6-14-5-4-10(17)18/h1-3,14H,4-6H2,(H,15,16)(H,17,18). The molecule has 7 heteroatoms. The lowest BCUT2D eigenvalue weighted by Gasteiger charge is -2.08. The molecule has 0 atom stereocenters. The highest BCUT2D eigenvalue weighted by molar-refractivity contribution is 6.43. The number of benzene rings is 1. The van der Waals surface area contributed by atoms with Crippen molar-refractivity contribution in [2.75, 3.05) is 18.4 Å². The van der Waals surface area contributed by atoms with Gasteiger partial charge in [0.1, 0.15) is 0 Å². The summed E-state index contributed by atoms with van der Waals surface area (Å²) in [7, 11) is 0. The van der Waals surface area contributed by atoms with E-state index in [9.17, 15) is 9.59 Å². The van der Waals surface area contributed by atoms with Gasteiger partial charge in [-0.3, -0.25) is 9.59 Å². The Hall–Kier alpha value is -1.30. The van der Waals surface area contributed by atoms with Gasteiger partial charge in [-0.15, -0.1) is 0 Å². The van der Waals surface area contributed by atoms with Crippen LogP contribution in [0.2, 0.25) is 10.0 Å². The molecular weight excluding hydrogens is 279 g/mol. The number of rotatable bonds is 6. The lowest BCUT2D eigenvalue weighted by atomic mass is 10.3. The number of carboxylic acid groups (broad SMARTS) is 1. The average molecular weight is 291 g/mol. The number of amides is 1. The molecule has 3 N–H and O–H groups in total. The van der Waals surface area contributed by atoms with Gasteiger partial charge in [0, 0.05) is 6.54 Å². The topological polar surface area (TPSA) is 78.4 Å². The molecule has 0 saturated carbocycles. The highest BCUT2D eigenvalue weighted by Crippen LogP contribution is 2.29. The Labute approximate surface area is 114 Å². The van der Waals surface area contributed by atoms with Gasteiger partial charge in [-0.1, -0.05) is 29.3 Å². The van der Waals surface area contributed by atoms with Crippen LogP contribution in [-0.2, 0) is 9.59 Å². The summed E-state index contributed by atoms with van der Waals surface area (Å²) in [6, 6.07) is 4.91. The molecule has 0 bridgehead atoms. The SMILES string of the molecule is O=C(O)CCNCC(=O)Nc1cccc(Cl)c1Cl. The number of halogens is 2. The van der Waals surface area contributed by atoms with Crippen LogP contribution in [0.1, 0.15) is 6.42 Å². The molecule has 5 nitrogen and oxygen atoms in total. The monoisotopic (exact) mass is 290 g/mol. The molecule has 18 heavy (non-hydrogen) atoms. The Morgan fingerprint density at radius 2 is 2.00 bits per heavy atom. The molecule has 1 rings (SSSR count). The minimum atomic E-state index is -0.916. The Morgan fingerprint density at radius 1 is 1.28 bits per heavy atom. The number of anilines is 1. The summed E-state index contributed by atoms with van der Waals surface area (Å²) >= 11 is 11.7. The molecule has 0 unspecified atom stereocenters. The number of hydrogen-bond acceptors (Lipinski definition) is 3. The van der Waals surface area contributed by atoms with E-state index in [4.69, 9.17) is 28.3 Å². The molecule has 1 aromatic carbocycles. The van der Waals surface area contributed by atoms with Crippen molar-refractivity contribution in [2.45, 2.75) is 6.42 Å². The van der Waals surface area contributed by atoms with E-state index in [0.29, 0.717) is 10.7 Å². The molecule has 0 heterocycles. The van der Waals surface area contributed by atoms with Crippen molar-refractivity contribution in [2.24, 2.45) is 0 Å². The largest absolute Gasteiger partial charge is 0.481 e. The van der Waals surface area contributed by atoms with Gasteiger partial charge in [0.05, 0.1) is 28.7 Å². The third-order valence-electron chi connectivity index (χ3n) is 2.03. The van der Waals surface area contributed by atoms with Crippen LogP contribution >= 0.6 is 23.2 Å². The highest BCUT2D eigenvalue weighted by atomic mass is 35.5. The van der Waals surface area contributed by atoms with Gasteiger partial charge in [0.2, 0.25) is 5.91 Å². The Morgan fingerprint density at radius 3 is 2.67 bits per heavy atom. The van der Waals surface area contributed by atoms with Gasteiger partial charge in [0.15, 0.2) is 0 Å². The summed E-state index contributed by atoms with van der Waals surface area (Å²) in [5.74, 6) is -1.23. The summed E-state index contributed by atoms with van der Waals surface area (Å²) in [5, 5.41) is 14.3. The van der Waals surface area contributed by atoms with E-state index >= 15 is 0 Å². The summed E-state index contributed by atoms with van der Waals surface area (Å²) in [4.78, 5) is 21.7. The zero-order valence-electron chi connectivity index (χ0n) is 9.37. The van der Waals surface area contributed by atoms with Gasteiger partial charge in [-0.2, -0.15) is 0 Å². The van der Waals surface area contributed by atoms with Gasteiger partial charge in [-0.05, 0) is 12.1 Å². The normalized spacial score (nSPS) is 10.1. The third-order valence-corrected chi connectivity index (χ3v) is 2.85. The van der Waals surface area contributed by atoms with Gasteiger partial charge >= 0.3 is 5.97 Å². The van der Waals surface area contributed by atoms with Crippen LogP contribution in [0, 0.1) is 0 Å². The summed E-state index contributed by atoms with van der Waals surface area (Å²) < 4.78 is 0. The van der Waals surface area contributed by atoms with Gasteiger partial charge < -0.3 is 15.7 Å². The minimum Gasteiger partial charge on any atom is -0.481 e. The number of hydrogen-bond donors (Lipinski definition) is 3. The number of carbonyl (C=O) groups excluding carboxylic acids is 1. The van der Waals surface area contributed by atoms with Crippen molar-refractivity contribution in [3.05, 3.63) is 28.2 Å². The zero-order chi connectivity index (χ0) is 13.5. The maximum Gasteiger partial charge on any atom is 0.304 e. The van der Waals surface area contributed by atoms with Crippen LogP contribution in [0.25, 0.3) is 0 Å². The Bertz CT molecular complexity index is 452. The first kappa shape index (κ1) is 14.8. The molecule has 98 valence electrons. The Kier molecular flexibility index (Phi) is 5.91.